The first kappa shape index (κ1) is 14.9. The van der Waals surface area contributed by atoms with Crippen molar-refractivity contribution in [1.29, 1.82) is 0 Å². The van der Waals surface area contributed by atoms with Crippen molar-refractivity contribution in [2.24, 2.45) is 0 Å². The maximum absolute atomic E-state index is 5.76. The van der Waals surface area contributed by atoms with Gasteiger partial charge in [-0.25, -0.2) is 9.67 Å². The van der Waals surface area contributed by atoms with E-state index in [-0.39, 0.29) is 5.95 Å². The molecule has 3 heterocycles. The van der Waals surface area contributed by atoms with Crippen molar-refractivity contribution < 1.29 is 0 Å². The van der Waals surface area contributed by atoms with Crippen LogP contribution < -0.4 is 5.73 Å². The van der Waals surface area contributed by atoms with Crippen molar-refractivity contribution in [2.45, 2.75) is 34.2 Å². The minimum absolute atomic E-state index is 0.227. The number of hydrogen-bond acceptors (Lipinski definition) is 5. The van der Waals surface area contributed by atoms with Gasteiger partial charge in [-0.2, -0.15) is 10.1 Å². The fourth-order valence-corrected chi connectivity index (χ4v) is 3.15. The first-order valence-electron chi connectivity index (χ1n) is 6.96. The van der Waals surface area contributed by atoms with Crippen LogP contribution in [0.4, 0.5) is 5.95 Å². The van der Waals surface area contributed by atoms with E-state index in [4.69, 9.17) is 5.73 Å². The topological polar surface area (TPSA) is 82.5 Å². The summed E-state index contributed by atoms with van der Waals surface area (Å²) >= 11 is 3.43. The SMILES string of the molecule is Cc1cnc(Cn2nc(C)c3c(Br)nc(N)nc32)c(C)c1C. The maximum atomic E-state index is 5.76. The zero-order valence-electron chi connectivity index (χ0n) is 13.0. The van der Waals surface area contributed by atoms with E-state index >= 15 is 0 Å². The number of rotatable bonds is 2. The number of aryl methyl sites for hydroxylation is 2. The van der Waals surface area contributed by atoms with Crippen LogP contribution in [-0.4, -0.2) is 24.7 Å². The number of hydrogen-bond donors (Lipinski definition) is 1. The van der Waals surface area contributed by atoms with Gasteiger partial charge >= 0.3 is 0 Å². The zero-order valence-corrected chi connectivity index (χ0v) is 14.6. The second kappa shape index (κ2) is 5.31. The summed E-state index contributed by atoms with van der Waals surface area (Å²) in [5.41, 5.74) is 12.0. The standard InChI is InChI=1S/C15H17BrN6/c1-7-5-18-11(9(3)8(7)2)6-22-14-12(10(4)21-22)13(16)19-15(17)20-14/h5H,6H2,1-4H3,(H2,17,19,20). The molecular weight excluding hydrogens is 344 g/mol. The zero-order chi connectivity index (χ0) is 16.0. The molecule has 0 spiro atoms. The lowest BCUT2D eigenvalue weighted by Crippen LogP contribution is -2.08. The number of nitrogens with two attached hydrogens (primary N) is 1. The Morgan fingerprint density at radius 2 is 1.86 bits per heavy atom. The van der Waals surface area contributed by atoms with Crippen molar-refractivity contribution in [1.82, 2.24) is 24.7 Å². The number of halogens is 1. The van der Waals surface area contributed by atoms with Gasteiger partial charge in [-0.15, -0.1) is 0 Å². The largest absolute Gasteiger partial charge is 0.368 e. The Kier molecular flexibility index (Phi) is 3.60. The van der Waals surface area contributed by atoms with Crippen LogP contribution in [0, 0.1) is 27.7 Å². The van der Waals surface area contributed by atoms with E-state index in [1.54, 1.807) is 0 Å². The molecule has 0 atom stereocenters. The average molecular weight is 361 g/mol. The third-order valence-corrected chi connectivity index (χ3v) is 4.61. The summed E-state index contributed by atoms with van der Waals surface area (Å²) in [5.74, 6) is 0.227. The van der Waals surface area contributed by atoms with E-state index < -0.39 is 0 Å². The summed E-state index contributed by atoms with van der Waals surface area (Å²) in [6, 6.07) is 0. The molecule has 0 aromatic carbocycles. The van der Waals surface area contributed by atoms with Gasteiger partial charge in [0.05, 0.1) is 23.3 Å². The van der Waals surface area contributed by atoms with E-state index in [1.807, 2.05) is 17.8 Å². The molecule has 0 saturated carbocycles. The summed E-state index contributed by atoms with van der Waals surface area (Å²) in [7, 11) is 0. The number of pyridine rings is 1. The Morgan fingerprint density at radius 1 is 1.14 bits per heavy atom. The molecule has 0 aliphatic rings. The molecule has 2 N–H and O–H groups in total. The molecule has 7 heteroatoms. The van der Waals surface area contributed by atoms with Gasteiger partial charge in [-0.1, -0.05) is 0 Å². The fraction of sp³-hybridized carbons (Fsp3) is 0.333. The molecular formula is C15H17BrN6. The lowest BCUT2D eigenvalue weighted by Gasteiger charge is -2.10. The predicted molar refractivity (Wildman–Crippen MR) is 89.7 cm³/mol. The molecule has 0 bridgehead atoms. The summed E-state index contributed by atoms with van der Waals surface area (Å²) in [4.78, 5) is 13.0. The smallest absolute Gasteiger partial charge is 0.223 e. The average Bonchev–Trinajstić information content (AvgIpc) is 2.76. The monoisotopic (exact) mass is 360 g/mol. The number of nitrogen functional groups attached to an aromatic ring is 1. The second-order valence-corrected chi connectivity index (χ2v) is 6.20. The van der Waals surface area contributed by atoms with Crippen molar-refractivity contribution in [2.75, 3.05) is 5.73 Å². The van der Waals surface area contributed by atoms with Crippen LogP contribution in [-0.2, 0) is 6.54 Å². The molecule has 0 radical (unpaired) electrons. The molecule has 0 aliphatic carbocycles. The van der Waals surface area contributed by atoms with Crippen LogP contribution in [0.3, 0.4) is 0 Å². The van der Waals surface area contributed by atoms with Crippen LogP contribution in [0.2, 0.25) is 0 Å². The molecule has 22 heavy (non-hydrogen) atoms. The summed E-state index contributed by atoms with van der Waals surface area (Å²) in [5, 5.41) is 5.45. The van der Waals surface area contributed by atoms with Gasteiger partial charge in [0.25, 0.3) is 0 Å². The molecule has 3 aromatic heterocycles. The van der Waals surface area contributed by atoms with E-state index in [2.05, 4.69) is 56.8 Å². The van der Waals surface area contributed by atoms with Crippen LogP contribution >= 0.6 is 15.9 Å². The number of nitrogens with zero attached hydrogens (tertiary/aromatic N) is 5. The van der Waals surface area contributed by atoms with Crippen molar-refractivity contribution in [3.63, 3.8) is 0 Å². The Labute approximate surface area is 136 Å². The fourth-order valence-electron chi connectivity index (χ4n) is 2.51. The van der Waals surface area contributed by atoms with Gasteiger partial charge < -0.3 is 5.73 Å². The minimum Gasteiger partial charge on any atom is -0.368 e. The van der Waals surface area contributed by atoms with Gasteiger partial charge in [-0.05, 0) is 60.3 Å². The molecule has 114 valence electrons. The molecule has 0 fully saturated rings. The normalized spacial score (nSPS) is 11.3. The van der Waals surface area contributed by atoms with E-state index in [0.717, 1.165) is 22.4 Å². The Morgan fingerprint density at radius 3 is 2.59 bits per heavy atom. The lowest BCUT2D eigenvalue weighted by atomic mass is 10.1. The van der Waals surface area contributed by atoms with E-state index in [0.29, 0.717) is 11.1 Å². The summed E-state index contributed by atoms with van der Waals surface area (Å²) in [6.07, 6.45) is 1.90. The van der Waals surface area contributed by atoms with Crippen LogP contribution in [0.5, 0.6) is 0 Å². The number of anilines is 1. The van der Waals surface area contributed by atoms with Crippen molar-refractivity contribution in [3.05, 3.63) is 38.9 Å². The van der Waals surface area contributed by atoms with Crippen molar-refractivity contribution in [3.8, 4) is 0 Å². The first-order valence-corrected chi connectivity index (χ1v) is 7.75. The van der Waals surface area contributed by atoms with Gasteiger partial charge in [0, 0.05) is 6.20 Å². The second-order valence-electron chi connectivity index (χ2n) is 5.45. The third-order valence-electron chi connectivity index (χ3n) is 4.04. The molecule has 0 aliphatic heterocycles. The highest BCUT2D eigenvalue weighted by Gasteiger charge is 2.16. The van der Waals surface area contributed by atoms with Crippen LogP contribution in [0.1, 0.15) is 28.1 Å². The first-order chi connectivity index (χ1) is 10.4. The highest BCUT2D eigenvalue weighted by molar-refractivity contribution is 9.10. The highest BCUT2D eigenvalue weighted by atomic mass is 79.9. The molecule has 0 amide bonds. The summed E-state index contributed by atoms with van der Waals surface area (Å²) in [6.45, 7) is 8.75. The molecule has 0 unspecified atom stereocenters. The summed E-state index contributed by atoms with van der Waals surface area (Å²) < 4.78 is 2.50. The number of fused-ring (bicyclic) bond motifs is 1. The van der Waals surface area contributed by atoms with E-state index in [1.165, 1.54) is 16.7 Å². The Hall–Kier alpha value is -2.02. The van der Waals surface area contributed by atoms with Gasteiger partial charge in [0.2, 0.25) is 5.95 Å². The van der Waals surface area contributed by atoms with Gasteiger partial charge in [-0.3, -0.25) is 4.98 Å². The molecule has 3 rings (SSSR count). The Bertz CT molecular complexity index is 884. The molecule has 6 nitrogen and oxygen atoms in total. The number of aromatic nitrogens is 5. The third kappa shape index (κ3) is 2.35. The van der Waals surface area contributed by atoms with Gasteiger partial charge in [0.15, 0.2) is 5.65 Å². The highest BCUT2D eigenvalue weighted by Crippen LogP contribution is 2.25. The van der Waals surface area contributed by atoms with E-state index in [9.17, 15) is 0 Å². The van der Waals surface area contributed by atoms with Crippen LogP contribution in [0.15, 0.2) is 10.8 Å². The molecule has 0 saturated heterocycles. The predicted octanol–water partition coefficient (Wildman–Crippen LogP) is 2.85. The van der Waals surface area contributed by atoms with Crippen molar-refractivity contribution >= 4 is 32.9 Å². The Balaban J connectivity index is 2.14. The maximum Gasteiger partial charge on any atom is 0.223 e. The molecule has 3 aromatic rings. The van der Waals surface area contributed by atoms with Gasteiger partial charge in [0.1, 0.15) is 4.60 Å². The van der Waals surface area contributed by atoms with Crippen LogP contribution in [0.25, 0.3) is 11.0 Å². The quantitative estimate of drug-likeness (QED) is 0.710. The minimum atomic E-state index is 0.227. The lowest BCUT2D eigenvalue weighted by molar-refractivity contribution is 0.677.